The van der Waals surface area contributed by atoms with Crippen molar-refractivity contribution >= 4 is 29.3 Å². The van der Waals surface area contributed by atoms with Crippen LogP contribution in [0.2, 0.25) is 5.02 Å². The van der Waals surface area contributed by atoms with Gasteiger partial charge in [0.2, 0.25) is 11.7 Å². The van der Waals surface area contributed by atoms with Gasteiger partial charge in [-0.2, -0.15) is 13.2 Å². The van der Waals surface area contributed by atoms with Crippen LogP contribution in [0.4, 0.5) is 13.2 Å². The maximum atomic E-state index is 12.7. The van der Waals surface area contributed by atoms with Crippen molar-refractivity contribution in [3.8, 4) is 17.4 Å². The number of aromatic nitrogens is 1. The summed E-state index contributed by atoms with van der Waals surface area (Å²) in [4.78, 5) is 37.5. The lowest BCUT2D eigenvalue weighted by Gasteiger charge is -2.14. The lowest BCUT2D eigenvalue weighted by atomic mass is 10.3. The van der Waals surface area contributed by atoms with Crippen molar-refractivity contribution < 1.29 is 46.5 Å². The normalized spacial score (nSPS) is 11.9. The molecular weight excluding hydrogens is 459 g/mol. The van der Waals surface area contributed by atoms with E-state index in [1.54, 1.807) is 0 Å². The number of Topliss-reactive ketones (excluding diaryl/α,β-unsaturated/α-hetero) is 1. The van der Waals surface area contributed by atoms with E-state index in [9.17, 15) is 27.6 Å². The second-order valence-electron chi connectivity index (χ2n) is 6.27. The number of carbonyl (C=O) groups excluding carboxylic acids is 3. The number of ketones is 1. The summed E-state index contributed by atoms with van der Waals surface area (Å²) < 4.78 is 58.0. The Bertz CT molecular complexity index is 980. The summed E-state index contributed by atoms with van der Waals surface area (Å²) >= 11 is 5.80. The SMILES string of the molecule is CC(=O)OCC(=O)COC(=O)C(C)Oc1ccc(Oc2ncc(C(F)(F)F)cc2Cl)cc1. The van der Waals surface area contributed by atoms with E-state index in [-0.39, 0.29) is 22.4 Å². The zero-order valence-electron chi connectivity index (χ0n) is 16.8. The van der Waals surface area contributed by atoms with Gasteiger partial charge in [-0.3, -0.25) is 9.59 Å². The van der Waals surface area contributed by atoms with Crippen LogP contribution in [0.25, 0.3) is 0 Å². The van der Waals surface area contributed by atoms with Crippen molar-refractivity contribution in [2.75, 3.05) is 13.2 Å². The Kier molecular flexibility index (Phi) is 8.41. The molecule has 0 saturated heterocycles. The minimum atomic E-state index is -4.58. The highest BCUT2D eigenvalue weighted by Crippen LogP contribution is 2.34. The Morgan fingerprint density at radius 1 is 1.06 bits per heavy atom. The van der Waals surface area contributed by atoms with Gasteiger partial charge in [0.1, 0.15) is 16.5 Å². The fourth-order valence-corrected chi connectivity index (χ4v) is 2.30. The largest absolute Gasteiger partial charge is 0.479 e. The van der Waals surface area contributed by atoms with Crippen LogP contribution >= 0.6 is 11.6 Å². The molecule has 1 unspecified atom stereocenters. The molecule has 0 N–H and O–H groups in total. The molecule has 0 amide bonds. The average molecular weight is 476 g/mol. The molecule has 1 atom stereocenters. The van der Waals surface area contributed by atoms with E-state index in [1.165, 1.54) is 31.2 Å². The van der Waals surface area contributed by atoms with Gasteiger partial charge in [0.15, 0.2) is 19.3 Å². The molecule has 1 aromatic heterocycles. The number of ether oxygens (including phenoxy) is 4. The molecule has 12 heteroatoms. The van der Waals surface area contributed by atoms with Gasteiger partial charge in [-0.05, 0) is 37.3 Å². The standard InChI is InChI=1S/C20H17ClF3NO7/c1-11(19(28)30-10-14(27)9-29-12(2)26)31-15-3-5-16(6-4-15)32-18-17(21)7-13(8-25-18)20(22,23)24/h3-8,11H,9-10H2,1-2H3. The number of pyridine rings is 1. The van der Waals surface area contributed by atoms with E-state index in [2.05, 4.69) is 9.72 Å². The average Bonchev–Trinajstić information content (AvgIpc) is 2.72. The summed E-state index contributed by atoms with van der Waals surface area (Å²) in [6, 6.07) is 6.41. The van der Waals surface area contributed by atoms with Gasteiger partial charge in [0, 0.05) is 13.1 Å². The third kappa shape index (κ3) is 7.73. The van der Waals surface area contributed by atoms with Crippen LogP contribution in [0.3, 0.4) is 0 Å². The summed E-state index contributed by atoms with van der Waals surface area (Å²) in [5.41, 5.74) is -1.01. The minimum absolute atomic E-state index is 0.206. The third-order valence-corrected chi connectivity index (χ3v) is 3.90. The molecule has 0 fully saturated rings. The predicted molar refractivity (Wildman–Crippen MR) is 103 cm³/mol. The summed E-state index contributed by atoms with van der Waals surface area (Å²) in [7, 11) is 0. The van der Waals surface area contributed by atoms with E-state index >= 15 is 0 Å². The fraction of sp³-hybridized carbons (Fsp3) is 0.300. The number of nitrogens with zero attached hydrogens (tertiary/aromatic N) is 1. The highest BCUT2D eigenvalue weighted by molar-refractivity contribution is 6.31. The second kappa shape index (κ2) is 10.8. The first-order valence-corrected chi connectivity index (χ1v) is 9.32. The fourth-order valence-electron chi connectivity index (χ4n) is 2.10. The summed E-state index contributed by atoms with van der Waals surface area (Å²) in [5, 5.41) is -0.320. The molecule has 2 rings (SSSR count). The first-order valence-electron chi connectivity index (χ1n) is 8.94. The van der Waals surface area contributed by atoms with Gasteiger partial charge in [-0.25, -0.2) is 9.78 Å². The Balaban J connectivity index is 1.89. The molecule has 32 heavy (non-hydrogen) atoms. The zero-order valence-corrected chi connectivity index (χ0v) is 17.5. The van der Waals surface area contributed by atoms with Gasteiger partial charge < -0.3 is 18.9 Å². The van der Waals surface area contributed by atoms with Crippen molar-refractivity contribution in [2.24, 2.45) is 0 Å². The Morgan fingerprint density at radius 3 is 2.22 bits per heavy atom. The van der Waals surface area contributed by atoms with Gasteiger partial charge in [0.05, 0.1) is 5.56 Å². The summed E-state index contributed by atoms with van der Waals surface area (Å²) in [5.74, 6) is -1.81. The molecule has 1 aromatic carbocycles. The van der Waals surface area contributed by atoms with E-state index in [0.29, 0.717) is 12.3 Å². The summed E-state index contributed by atoms with van der Waals surface area (Å²) in [6.07, 6.45) is -5.04. The highest BCUT2D eigenvalue weighted by atomic mass is 35.5. The molecule has 0 aliphatic rings. The molecule has 0 radical (unpaired) electrons. The number of esters is 2. The van der Waals surface area contributed by atoms with Gasteiger partial charge >= 0.3 is 18.1 Å². The number of hydrogen-bond donors (Lipinski definition) is 0. The molecule has 172 valence electrons. The van der Waals surface area contributed by atoms with Crippen LogP contribution in [0.1, 0.15) is 19.4 Å². The number of benzene rings is 1. The molecule has 1 heterocycles. The highest BCUT2D eigenvalue weighted by Gasteiger charge is 2.31. The van der Waals surface area contributed by atoms with E-state index in [1.807, 2.05) is 0 Å². The van der Waals surface area contributed by atoms with E-state index < -0.39 is 48.8 Å². The molecular formula is C20H17ClF3NO7. The number of alkyl halides is 3. The monoisotopic (exact) mass is 475 g/mol. The van der Waals surface area contributed by atoms with Crippen molar-refractivity contribution in [3.63, 3.8) is 0 Å². The van der Waals surface area contributed by atoms with Gasteiger partial charge in [-0.15, -0.1) is 0 Å². The Hall–Kier alpha value is -3.34. The Labute approximate surface area is 185 Å². The lowest BCUT2D eigenvalue weighted by Crippen LogP contribution is -2.29. The van der Waals surface area contributed by atoms with Gasteiger partial charge in [-0.1, -0.05) is 11.6 Å². The first kappa shape index (κ1) is 24.9. The maximum absolute atomic E-state index is 12.7. The number of hydrogen-bond acceptors (Lipinski definition) is 8. The van der Waals surface area contributed by atoms with Crippen LogP contribution in [-0.4, -0.2) is 42.0 Å². The lowest BCUT2D eigenvalue weighted by molar-refractivity contribution is -0.156. The predicted octanol–water partition coefficient (Wildman–Crippen LogP) is 3.99. The number of rotatable bonds is 9. The molecule has 0 aliphatic carbocycles. The van der Waals surface area contributed by atoms with Crippen LogP contribution in [-0.2, 0) is 30.0 Å². The molecule has 2 aromatic rings. The number of halogens is 4. The molecule has 0 saturated carbocycles. The van der Waals surface area contributed by atoms with Crippen LogP contribution in [0.5, 0.6) is 17.4 Å². The molecule has 0 aliphatic heterocycles. The van der Waals surface area contributed by atoms with Crippen molar-refractivity contribution in [1.29, 1.82) is 0 Å². The quantitative estimate of drug-likeness (QED) is 0.502. The number of carbonyl (C=O) groups is 3. The molecule has 0 spiro atoms. The zero-order chi connectivity index (χ0) is 23.9. The summed E-state index contributed by atoms with van der Waals surface area (Å²) in [6.45, 7) is 1.46. The van der Waals surface area contributed by atoms with Crippen molar-refractivity contribution in [3.05, 3.63) is 47.1 Å². The van der Waals surface area contributed by atoms with Crippen molar-refractivity contribution in [2.45, 2.75) is 26.1 Å². The molecule has 8 nitrogen and oxygen atoms in total. The third-order valence-electron chi connectivity index (χ3n) is 3.63. The van der Waals surface area contributed by atoms with Crippen LogP contribution < -0.4 is 9.47 Å². The topological polar surface area (TPSA) is 101 Å². The Morgan fingerprint density at radius 2 is 1.66 bits per heavy atom. The second-order valence-corrected chi connectivity index (χ2v) is 6.68. The van der Waals surface area contributed by atoms with Crippen LogP contribution in [0, 0.1) is 0 Å². The van der Waals surface area contributed by atoms with Crippen LogP contribution in [0.15, 0.2) is 36.5 Å². The maximum Gasteiger partial charge on any atom is 0.417 e. The smallest absolute Gasteiger partial charge is 0.417 e. The van der Waals surface area contributed by atoms with Gasteiger partial charge in [0.25, 0.3) is 0 Å². The molecule has 0 bridgehead atoms. The van der Waals surface area contributed by atoms with E-state index in [0.717, 1.165) is 6.92 Å². The van der Waals surface area contributed by atoms with Crippen molar-refractivity contribution in [1.82, 2.24) is 4.98 Å². The first-order chi connectivity index (χ1) is 15.0. The van der Waals surface area contributed by atoms with E-state index in [4.69, 9.17) is 25.8 Å². The minimum Gasteiger partial charge on any atom is -0.479 e.